The molecule has 0 fully saturated rings. The fraction of sp³-hybridized carbons (Fsp3) is 0.222. The van der Waals surface area contributed by atoms with E-state index < -0.39 is 0 Å². The lowest BCUT2D eigenvalue weighted by molar-refractivity contribution is 0.0913. The van der Waals surface area contributed by atoms with Crippen LogP contribution in [-0.4, -0.2) is 21.2 Å². The van der Waals surface area contributed by atoms with Crippen LogP contribution in [-0.2, 0) is 0 Å². The third kappa shape index (κ3) is 2.72. The molecule has 1 amide bonds. The highest BCUT2D eigenvalue weighted by Gasteiger charge is 2.22. The normalized spacial score (nSPS) is 11.6. The van der Waals surface area contributed by atoms with E-state index in [1.165, 1.54) is 0 Å². The number of para-hydroxylation sites is 1. The summed E-state index contributed by atoms with van der Waals surface area (Å²) in [6, 6.07) is 17.4. The summed E-state index contributed by atoms with van der Waals surface area (Å²) in [6.07, 6.45) is 0. The lowest BCUT2D eigenvalue weighted by Gasteiger charge is -2.21. The number of nitrogens with zero attached hydrogens (tertiary/aromatic N) is 2. The van der Waals surface area contributed by atoms with Crippen LogP contribution in [0.25, 0.3) is 16.6 Å². The average Bonchev–Trinajstić information content (AvgIpc) is 2.86. The van der Waals surface area contributed by atoms with Gasteiger partial charge in [0.25, 0.3) is 5.91 Å². The third-order valence-corrected chi connectivity index (χ3v) is 3.28. The highest BCUT2D eigenvalue weighted by molar-refractivity contribution is 6.05. The van der Waals surface area contributed by atoms with Crippen LogP contribution in [0.2, 0.25) is 0 Å². The Labute approximate surface area is 129 Å². The average molecular weight is 293 g/mol. The maximum absolute atomic E-state index is 12.8. The molecule has 0 atom stereocenters. The second-order valence-electron chi connectivity index (χ2n) is 6.32. The summed E-state index contributed by atoms with van der Waals surface area (Å²) in [6.45, 7) is 5.91. The molecule has 0 saturated carbocycles. The van der Waals surface area contributed by atoms with Gasteiger partial charge in [-0.25, -0.2) is 4.68 Å². The monoisotopic (exact) mass is 293 g/mol. The second kappa shape index (κ2) is 5.30. The Morgan fingerprint density at radius 3 is 2.32 bits per heavy atom. The van der Waals surface area contributed by atoms with Crippen molar-refractivity contribution in [3.8, 4) is 5.69 Å². The number of fused-ring (bicyclic) bond motifs is 1. The van der Waals surface area contributed by atoms with Gasteiger partial charge in [0.1, 0.15) is 5.69 Å². The largest absolute Gasteiger partial charge is 0.346 e. The van der Waals surface area contributed by atoms with Crippen LogP contribution >= 0.6 is 0 Å². The molecule has 1 heterocycles. The zero-order valence-electron chi connectivity index (χ0n) is 13.0. The van der Waals surface area contributed by atoms with Crippen molar-refractivity contribution in [2.75, 3.05) is 0 Å². The Bertz CT molecular complexity index is 813. The van der Waals surface area contributed by atoms with E-state index in [9.17, 15) is 4.79 Å². The number of carbonyl (C=O) groups excluding carboxylic acids is 1. The molecule has 22 heavy (non-hydrogen) atoms. The van der Waals surface area contributed by atoms with Gasteiger partial charge in [-0.2, -0.15) is 5.10 Å². The molecule has 0 spiro atoms. The van der Waals surface area contributed by atoms with Gasteiger partial charge in [0.15, 0.2) is 0 Å². The minimum atomic E-state index is -0.302. The first kappa shape index (κ1) is 14.3. The molecule has 0 aliphatic heterocycles. The quantitative estimate of drug-likeness (QED) is 0.785. The van der Waals surface area contributed by atoms with Crippen LogP contribution < -0.4 is 5.32 Å². The molecule has 0 aliphatic rings. The lowest BCUT2D eigenvalue weighted by Crippen LogP contribution is -2.41. The van der Waals surface area contributed by atoms with Crippen LogP contribution in [0.3, 0.4) is 0 Å². The molecule has 1 N–H and O–H groups in total. The topological polar surface area (TPSA) is 46.9 Å². The first-order valence-corrected chi connectivity index (χ1v) is 7.31. The number of aromatic nitrogens is 2. The second-order valence-corrected chi connectivity index (χ2v) is 6.32. The summed E-state index contributed by atoms with van der Waals surface area (Å²) in [5.41, 5.74) is 1.95. The predicted octanol–water partition coefficient (Wildman–Crippen LogP) is 3.55. The number of nitrogens with one attached hydrogen (secondary N) is 1. The molecular formula is C18H19N3O. The molecule has 0 aliphatic carbocycles. The minimum absolute atomic E-state index is 0.120. The molecule has 0 bridgehead atoms. The van der Waals surface area contributed by atoms with E-state index in [4.69, 9.17) is 0 Å². The molecule has 0 saturated heterocycles. The lowest BCUT2D eigenvalue weighted by atomic mass is 10.1. The van der Waals surface area contributed by atoms with Crippen LogP contribution in [0.1, 0.15) is 31.3 Å². The zero-order valence-corrected chi connectivity index (χ0v) is 13.0. The summed E-state index contributed by atoms with van der Waals surface area (Å²) in [4.78, 5) is 12.8. The molecule has 2 aromatic carbocycles. The van der Waals surface area contributed by atoms with E-state index in [-0.39, 0.29) is 11.4 Å². The van der Waals surface area contributed by atoms with E-state index in [1.54, 1.807) is 4.68 Å². The van der Waals surface area contributed by atoms with Gasteiger partial charge in [-0.1, -0.05) is 36.4 Å². The van der Waals surface area contributed by atoms with E-state index >= 15 is 0 Å². The fourth-order valence-corrected chi connectivity index (χ4v) is 2.41. The molecule has 3 aromatic rings. The number of hydrogen-bond acceptors (Lipinski definition) is 2. The van der Waals surface area contributed by atoms with Crippen molar-refractivity contribution in [3.05, 3.63) is 60.3 Å². The van der Waals surface area contributed by atoms with Crippen molar-refractivity contribution in [2.45, 2.75) is 26.3 Å². The Kier molecular flexibility index (Phi) is 3.45. The van der Waals surface area contributed by atoms with Crippen LogP contribution in [0.4, 0.5) is 0 Å². The third-order valence-electron chi connectivity index (χ3n) is 3.28. The number of amides is 1. The van der Waals surface area contributed by atoms with Crippen molar-refractivity contribution in [1.82, 2.24) is 15.1 Å². The molecule has 3 rings (SSSR count). The van der Waals surface area contributed by atoms with E-state index in [2.05, 4.69) is 10.4 Å². The number of rotatable bonds is 2. The molecule has 4 heteroatoms. The summed E-state index contributed by atoms with van der Waals surface area (Å²) in [5.74, 6) is -0.120. The van der Waals surface area contributed by atoms with Crippen molar-refractivity contribution in [1.29, 1.82) is 0 Å². The van der Waals surface area contributed by atoms with Crippen molar-refractivity contribution in [3.63, 3.8) is 0 Å². The van der Waals surface area contributed by atoms with Gasteiger partial charge in [-0.05, 0) is 39.0 Å². The predicted molar refractivity (Wildman–Crippen MR) is 88.3 cm³/mol. The highest BCUT2D eigenvalue weighted by Crippen LogP contribution is 2.22. The van der Waals surface area contributed by atoms with Crippen LogP contribution in [0, 0.1) is 0 Å². The van der Waals surface area contributed by atoms with Crippen molar-refractivity contribution >= 4 is 16.8 Å². The first-order chi connectivity index (χ1) is 10.5. The molecule has 4 nitrogen and oxygen atoms in total. The number of hydrogen-bond donors (Lipinski definition) is 1. The van der Waals surface area contributed by atoms with Crippen molar-refractivity contribution in [2.24, 2.45) is 0 Å². The maximum Gasteiger partial charge on any atom is 0.271 e. The van der Waals surface area contributed by atoms with Gasteiger partial charge < -0.3 is 5.32 Å². The summed E-state index contributed by atoms with van der Waals surface area (Å²) < 4.78 is 1.71. The van der Waals surface area contributed by atoms with Gasteiger partial charge in [0, 0.05) is 10.9 Å². The van der Waals surface area contributed by atoms with Gasteiger partial charge >= 0.3 is 0 Å². The molecule has 0 radical (unpaired) electrons. The van der Waals surface area contributed by atoms with Gasteiger partial charge in [0.2, 0.25) is 0 Å². The van der Waals surface area contributed by atoms with Crippen LogP contribution in [0.5, 0.6) is 0 Å². The summed E-state index contributed by atoms with van der Waals surface area (Å²) in [7, 11) is 0. The molecule has 0 unspecified atom stereocenters. The zero-order chi connectivity index (χ0) is 15.7. The van der Waals surface area contributed by atoms with Crippen LogP contribution in [0.15, 0.2) is 54.6 Å². The number of carbonyl (C=O) groups is 1. The summed E-state index contributed by atoms with van der Waals surface area (Å²) >= 11 is 0. The minimum Gasteiger partial charge on any atom is -0.346 e. The Hall–Kier alpha value is -2.62. The van der Waals surface area contributed by atoms with E-state index in [1.807, 2.05) is 75.4 Å². The summed E-state index contributed by atoms with van der Waals surface area (Å²) in [5, 5.41) is 8.47. The van der Waals surface area contributed by atoms with Gasteiger partial charge in [-0.15, -0.1) is 0 Å². The Morgan fingerprint density at radius 1 is 1.00 bits per heavy atom. The Morgan fingerprint density at radius 2 is 1.64 bits per heavy atom. The standard InChI is InChI=1S/C18H19N3O/c1-18(2,3)19-17(22)16-14-11-7-8-12-15(14)20-21(16)13-9-5-4-6-10-13/h4-12H,1-3H3,(H,19,22). The molecular weight excluding hydrogens is 274 g/mol. The van der Waals surface area contributed by atoms with E-state index in [0.29, 0.717) is 5.69 Å². The molecule has 112 valence electrons. The van der Waals surface area contributed by atoms with E-state index in [0.717, 1.165) is 16.6 Å². The van der Waals surface area contributed by atoms with Crippen molar-refractivity contribution < 1.29 is 4.79 Å². The fourth-order valence-electron chi connectivity index (χ4n) is 2.41. The SMILES string of the molecule is CC(C)(C)NC(=O)c1c2ccccc2nn1-c1ccccc1. The molecule has 1 aromatic heterocycles. The highest BCUT2D eigenvalue weighted by atomic mass is 16.2. The maximum atomic E-state index is 12.8. The first-order valence-electron chi connectivity index (χ1n) is 7.31. The Balaban J connectivity index is 2.20. The number of benzene rings is 2. The van der Waals surface area contributed by atoms with Gasteiger partial charge in [-0.3, -0.25) is 4.79 Å². The smallest absolute Gasteiger partial charge is 0.271 e. The van der Waals surface area contributed by atoms with Gasteiger partial charge in [0.05, 0.1) is 11.2 Å².